The normalized spacial score (nSPS) is 13.8. The summed E-state index contributed by atoms with van der Waals surface area (Å²) in [5, 5.41) is 11.3. The van der Waals surface area contributed by atoms with Crippen LogP contribution < -0.4 is 10.1 Å². The first-order valence-corrected chi connectivity index (χ1v) is 5.78. The van der Waals surface area contributed by atoms with Gasteiger partial charge in [-0.2, -0.15) is 5.26 Å². The molecule has 0 aliphatic heterocycles. The lowest BCUT2D eigenvalue weighted by molar-refractivity contribution is -0.123. The number of nitrogens with zero attached hydrogens (tertiary/aromatic N) is 1. The summed E-state index contributed by atoms with van der Waals surface area (Å²) in [5.74, 6) is -0.314. The van der Waals surface area contributed by atoms with E-state index in [9.17, 15) is 9.18 Å². The third kappa shape index (κ3) is 3.45. The lowest BCUT2D eigenvalue weighted by Gasteiger charge is -2.07. The molecule has 1 aliphatic carbocycles. The molecule has 0 unspecified atom stereocenters. The number of amides is 1. The molecule has 18 heavy (non-hydrogen) atoms. The number of benzene rings is 1. The second-order valence-corrected chi connectivity index (χ2v) is 4.29. The van der Waals surface area contributed by atoms with Gasteiger partial charge in [0.05, 0.1) is 11.6 Å². The van der Waals surface area contributed by atoms with E-state index < -0.39 is 5.82 Å². The second kappa shape index (κ2) is 5.50. The molecule has 1 aliphatic rings. The van der Waals surface area contributed by atoms with E-state index in [1.54, 1.807) is 0 Å². The van der Waals surface area contributed by atoms with Crippen LogP contribution in [-0.4, -0.2) is 19.1 Å². The molecular weight excluding hydrogens is 235 g/mol. The lowest BCUT2D eigenvalue weighted by atomic mass is 10.2. The highest BCUT2D eigenvalue weighted by molar-refractivity contribution is 5.77. The Hall–Kier alpha value is -2.09. The minimum absolute atomic E-state index is 0.0180. The van der Waals surface area contributed by atoms with Crippen LogP contribution in [0, 0.1) is 23.1 Å². The number of nitriles is 1. The van der Waals surface area contributed by atoms with Crippen LogP contribution in [0.5, 0.6) is 5.75 Å². The van der Waals surface area contributed by atoms with Crippen LogP contribution in [0.25, 0.3) is 0 Å². The largest absolute Gasteiger partial charge is 0.481 e. The van der Waals surface area contributed by atoms with E-state index in [-0.39, 0.29) is 23.8 Å². The average Bonchev–Trinajstić information content (AvgIpc) is 3.18. The summed E-state index contributed by atoms with van der Waals surface area (Å²) in [4.78, 5) is 11.4. The van der Waals surface area contributed by atoms with Crippen LogP contribution in [0.3, 0.4) is 0 Å². The number of carbonyl (C=O) groups excluding carboxylic acids is 1. The summed E-state index contributed by atoms with van der Waals surface area (Å²) in [5.41, 5.74) is 0.220. The fraction of sp³-hybridized carbons (Fsp3) is 0.385. The van der Waals surface area contributed by atoms with Gasteiger partial charge in [-0.15, -0.1) is 0 Å². The highest BCUT2D eigenvalue weighted by atomic mass is 19.1. The SMILES string of the molecule is N#Cc1ccc(OCC(=O)NCC2CC2)c(F)c1. The van der Waals surface area contributed by atoms with Crippen molar-refractivity contribution in [1.29, 1.82) is 5.26 Å². The van der Waals surface area contributed by atoms with Crippen molar-refractivity contribution in [1.82, 2.24) is 5.32 Å². The minimum Gasteiger partial charge on any atom is -0.481 e. The average molecular weight is 248 g/mol. The van der Waals surface area contributed by atoms with Gasteiger partial charge in [0, 0.05) is 6.54 Å². The predicted octanol–water partition coefficient (Wildman–Crippen LogP) is 1.60. The third-order valence-corrected chi connectivity index (χ3v) is 2.70. The molecule has 1 fully saturated rings. The van der Waals surface area contributed by atoms with E-state index in [1.165, 1.54) is 12.1 Å². The molecule has 1 N–H and O–H groups in total. The summed E-state index contributed by atoms with van der Waals surface area (Å²) < 4.78 is 18.5. The van der Waals surface area contributed by atoms with Gasteiger partial charge in [-0.3, -0.25) is 4.79 Å². The minimum atomic E-state index is -0.635. The van der Waals surface area contributed by atoms with Gasteiger partial charge in [-0.25, -0.2) is 4.39 Å². The Morgan fingerprint density at radius 2 is 2.33 bits per heavy atom. The Bertz CT molecular complexity index is 492. The van der Waals surface area contributed by atoms with Crippen molar-refractivity contribution < 1.29 is 13.9 Å². The van der Waals surface area contributed by atoms with Gasteiger partial charge in [-0.05, 0) is 37.0 Å². The van der Waals surface area contributed by atoms with E-state index in [0.29, 0.717) is 12.5 Å². The molecule has 2 rings (SSSR count). The molecule has 0 spiro atoms. The van der Waals surface area contributed by atoms with Crippen molar-refractivity contribution >= 4 is 5.91 Å². The van der Waals surface area contributed by atoms with Crippen LogP contribution >= 0.6 is 0 Å². The molecule has 1 saturated carbocycles. The molecule has 1 amide bonds. The molecule has 0 heterocycles. The van der Waals surface area contributed by atoms with Crippen molar-refractivity contribution in [3.8, 4) is 11.8 Å². The monoisotopic (exact) mass is 248 g/mol. The fourth-order valence-corrected chi connectivity index (χ4v) is 1.46. The van der Waals surface area contributed by atoms with Crippen molar-refractivity contribution in [3.05, 3.63) is 29.6 Å². The van der Waals surface area contributed by atoms with E-state index in [1.807, 2.05) is 6.07 Å². The summed E-state index contributed by atoms with van der Waals surface area (Å²) in [6.07, 6.45) is 2.32. The van der Waals surface area contributed by atoms with Crippen LogP contribution in [0.15, 0.2) is 18.2 Å². The van der Waals surface area contributed by atoms with Crippen molar-refractivity contribution in [2.45, 2.75) is 12.8 Å². The molecule has 0 atom stereocenters. The standard InChI is InChI=1S/C13H13FN2O2/c14-11-5-10(6-15)3-4-12(11)18-8-13(17)16-7-9-1-2-9/h3-5,9H,1-2,7-8H2,(H,16,17). The van der Waals surface area contributed by atoms with E-state index in [0.717, 1.165) is 18.9 Å². The lowest BCUT2D eigenvalue weighted by Crippen LogP contribution is -2.30. The Morgan fingerprint density at radius 1 is 1.56 bits per heavy atom. The highest BCUT2D eigenvalue weighted by Crippen LogP contribution is 2.27. The maximum atomic E-state index is 13.4. The zero-order valence-electron chi connectivity index (χ0n) is 9.78. The summed E-state index contributed by atoms with van der Waals surface area (Å²) in [6.45, 7) is 0.452. The Balaban J connectivity index is 1.81. The van der Waals surface area contributed by atoms with Gasteiger partial charge in [-0.1, -0.05) is 0 Å². The fourth-order valence-electron chi connectivity index (χ4n) is 1.46. The Labute approximate surface area is 104 Å². The summed E-state index contributed by atoms with van der Waals surface area (Å²) in [6, 6.07) is 5.70. The van der Waals surface area contributed by atoms with Gasteiger partial charge < -0.3 is 10.1 Å². The molecule has 0 aromatic heterocycles. The molecule has 1 aromatic carbocycles. The molecular formula is C13H13FN2O2. The quantitative estimate of drug-likeness (QED) is 0.861. The van der Waals surface area contributed by atoms with Crippen molar-refractivity contribution in [2.75, 3.05) is 13.2 Å². The zero-order chi connectivity index (χ0) is 13.0. The van der Waals surface area contributed by atoms with Gasteiger partial charge in [0.2, 0.25) is 0 Å². The smallest absolute Gasteiger partial charge is 0.257 e. The number of hydrogen-bond donors (Lipinski definition) is 1. The molecule has 0 saturated heterocycles. The summed E-state index contributed by atoms with van der Waals surface area (Å²) >= 11 is 0. The second-order valence-electron chi connectivity index (χ2n) is 4.29. The number of hydrogen-bond acceptors (Lipinski definition) is 3. The Kier molecular flexibility index (Phi) is 3.78. The first-order valence-electron chi connectivity index (χ1n) is 5.78. The van der Waals surface area contributed by atoms with Gasteiger partial charge in [0.15, 0.2) is 18.2 Å². The number of nitrogens with one attached hydrogen (secondary N) is 1. The molecule has 4 nitrogen and oxygen atoms in total. The molecule has 5 heteroatoms. The van der Waals surface area contributed by atoms with Gasteiger partial charge in [0.1, 0.15) is 0 Å². The predicted molar refractivity (Wildman–Crippen MR) is 62.3 cm³/mol. The number of ether oxygens (including phenoxy) is 1. The van der Waals surface area contributed by atoms with Crippen LogP contribution in [0.4, 0.5) is 4.39 Å². The number of halogens is 1. The maximum absolute atomic E-state index is 13.4. The highest BCUT2D eigenvalue weighted by Gasteiger charge is 2.21. The van der Waals surface area contributed by atoms with Gasteiger partial charge >= 0.3 is 0 Å². The Morgan fingerprint density at radius 3 is 2.94 bits per heavy atom. The number of carbonyl (C=O) groups is 1. The molecule has 0 radical (unpaired) electrons. The van der Waals surface area contributed by atoms with Crippen molar-refractivity contribution in [3.63, 3.8) is 0 Å². The number of rotatable bonds is 5. The van der Waals surface area contributed by atoms with E-state index >= 15 is 0 Å². The van der Waals surface area contributed by atoms with E-state index in [2.05, 4.69) is 5.32 Å². The maximum Gasteiger partial charge on any atom is 0.257 e. The zero-order valence-corrected chi connectivity index (χ0v) is 9.78. The molecule has 1 aromatic rings. The third-order valence-electron chi connectivity index (χ3n) is 2.70. The van der Waals surface area contributed by atoms with Crippen molar-refractivity contribution in [2.24, 2.45) is 5.92 Å². The van der Waals surface area contributed by atoms with Crippen LogP contribution in [-0.2, 0) is 4.79 Å². The van der Waals surface area contributed by atoms with Gasteiger partial charge in [0.25, 0.3) is 5.91 Å². The van der Waals surface area contributed by atoms with E-state index in [4.69, 9.17) is 10.00 Å². The molecule has 94 valence electrons. The first kappa shape index (κ1) is 12.4. The van der Waals surface area contributed by atoms with Crippen LogP contribution in [0.1, 0.15) is 18.4 Å². The first-order chi connectivity index (χ1) is 8.69. The summed E-state index contributed by atoms with van der Waals surface area (Å²) in [7, 11) is 0. The van der Waals surface area contributed by atoms with Crippen LogP contribution in [0.2, 0.25) is 0 Å². The topological polar surface area (TPSA) is 62.1 Å². The molecule has 0 bridgehead atoms.